The Labute approximate surface area is 132 Å². The topological polar surface area (TPSA) is 112 Å². The van der Waals surface area contributed by atoms with Crippen LogP contribution < -0.4 is 4.72 Å². The van der Waals surface area contributed by atoms with Crippen molar-refractivity contribution < 1.29 is 18.3 Å². The number of carboxylic acid groups (broad SMARTS) is 1. The highest BCUT2D eigenvalue weighted by Gasteiger charge is 2.20. The summed E-state index contributed by atoms with van der Waals surface area (Å²) < 4.78 is 27.6. The SMILES string of the molecule is O=C(O)c1cc(S(=O)(=O)NCc2cccnc2)c2cc[nH]c2c1. The van der Waals surface area contributed by atoms with Gasteiger partial charge in [0.15, 0.2) is 0 Å². The monoisotopic (exact) mass is 331 g/mol. The van der Waals surface area contributed by atoms with E-state index in [4.69, 9.17) is 5.11 Å². The Morgan fingerprint density at radius 2 is 2.13 bits per heavy atom. The molecule has 0 spiro atoms. The largest absolute Gasteiger partial charge is 0.478 e. The highest BCUT2D eigenvalue weighted by Crippen LogP contribution is 2.24. The molecule has 3 N–H and O–H groups in total. The molecule has 23 heavy (non-hydrogen) atoms. The molecule has 0 amide bonds. The highest BCUT2D eigenvalue weighted by atomic mass is 32.2. The summed E-state index contributed by atoms with van der Waals surface area (Å²) in [6.45, 7) is 0.0688. The molecule has 2 aromatic heterocycles. The molecule has 0 saturated carbocycles. The van der Waals surface area contributed by atoms with Gasteiger partial charge in [-0.05, 0) is 29.8 Å². The van der Waals surface area contributed by atoms with E-state index in [1.165, 1.54) is 6.07 Å². The van der Waals surface area contributed by atoms with E-state index in [-0.39, 0.29) is 17.0 Å². The number of carboxylic acids is 1. The zero-order chi connectivity index (χ0) is 16.4. The molecule has 3 aromatic rings. The third kappa shape index (κ3) is 3.08. The van der Waals surface area contributed by atoms with E-state index < -0.39 is 16.0 Å². The normalized spacial score (nSPS) is 11.7. The lowest BCUT2D eigenvalue weighted by molar-refractivity contribution is 0.0697. The molecule has 118 valence electrons. The van der Waals surface area contributed by atoms with Crippen LogP contribution in [0.1, 0.15) is 15.9 Å². The van der Waals surface area contributed by atoms with Gasteiger partial charge in [-0.25, -0.2) is 17.9 Å². The number of rotatable bonds is 5. The smallest absolute Gasteiger partial charge is 0.335 e. The molecule has 0 radical (unpaired) electrons. The first-order valence-corrected chi connectivity index (χ1v) is 8.19. The number of carbonyl (C=O) groups is 1. The summed E-state index contributed by atoms with van der Waals surface area (Å²) in [5.74, 6) is -1.19. The summed E-state index contributed by atoms with van der Waals surface area (Å²) in [5.41, 5.74) is 1.06. The van der Waals surface area contributed by atoms with Gasteiger partial charge in [0.2, 0.25) is 10.0 Å². The van der Waals surface area contributed by atoms with Gasteiger partial charge in [-0.1, -0.05) is 6.07 Å². The second-order valence-corrected chi connectivity index (χ2v) is 6.64. The third-order valence-corrected chi connectivity index (χ3v) is 4.80. The lowest BCUT2D eigenvalue weighted by Crippen LogP contribution is -2.23. The van der Waals surface area contributed by atoms with Crippen molar-refractivity contribution in [3.63, 3.8) is 0 Å². The van der Waals surface area contributed by atoms with Crippen molar-refractivity contribution in [2.75, 3.05) is 0 Å². The van der Waals surface area contributed by atoms with Crippen LogP contribution in [-0.4, -0.2) is 29.5 Å². The van der Waals surface area contributed by atoms with E-state index in [1.54, 1.807) is 36.8 Å². The average molecular weight is 331 g/mol. The van der Waals surface area contributed by atoms with Crippen LogP contribution in [0.2, 0.25) is 0 Å². The molecular weight excluding hydrogens is 318 g/mol. The number of sulfonamides is 1. The van der Waals surface area contributed by atoms with E-state index in [0.717, 1.165) is 6.07 Å². The maximum absolute atomic E-state index is 12.6. The van der Waals surface area contributed by atoms with Gasteiger partial charge in [-0.2, -0.15) is 0 Å². The van der Waals surface area contributed by atoms with Crippen molar-refractivity contribution in [1.82, 2.24) is 14.7 Å². The molecule has 0 fully saturated rings. The number of benzene rings is 1. The Bertz CT molecular complexity index is 965. The molecule has 0 atom stereocenters. The van der Waals surface area contributed by atoms with Gasteiger partial charge in [0.1, 0.15) is 0 Å². The van der Waals surface area contributed by atoms with E-state index >= 15 is 0 Å². The van der Waals surface area contributed by atoms with Crippen LogP contribution in [0, 0.1) is 0 Å². The van der Waals surface area contributed by atoms with Gasteiger partial charge in [-0.3, -0.25) is 4.98 Å². The Kier molecular flexibility index (Phi) is 3.85. The standard InChI is InChI=1S/C15H13N3O4S/c19-15(20)11-6-13-12(3-5-17-13)14(7-11)23(21,22)18-9-10-2-1-4-16-8-10/h1-8,17-18H,9H2,(H,19,20). The van der Waals surface area contributed by atoms with Crippen LogP contribution in [0.25, 0.3) is 10.9 Å². The molecule has 0 aliphatic heterocycles. The quantitative estimate of drug-likeness (QED) is 0.659. The van der Waals surface area contributed by atoms with Crippen LogP contribution in [0.5, 0.6) is 0 Å². The second-order valence-electron chi connectivity index (χ2n) is 4.90. The van der Waals surface area contributed by atoms with Gasteiger partial charge in [0.25, 0.3) is 0 Å². The Morgan fingerprint density at radius 1 is 1.30 bits per heavy atom. The number of nitrogens with zero attached hydrogens (tertiary/aromatic N) is 1. The number of aromatic carboxylic acids is 1. The molecule has 8 heteroatoms. The number of hydrogen-bond donors (Lipinski definition) is 3. The number of aromatic amines is 1. The number of nitrogens with one attached hydrogen (secondary N) is 2. The van der Waals surface area contributed by atoms with E-state index in [0.29, 0.717) is 16.5 Å². The van der Waals surface area contributed by atoms with E-state index in [9.17, 15) is 13.2 Å². The average Bonchev–Trinajstić information content (AvgIpc) is 3.01. The van der Waals surface area contributed by atoms with Crippen molar-refractivity contribution in [2.24, 2.45) is 0 Å². The molecule has 0 unspecified atom stereocenters. The first-order valence-electron chi connectivity index (χ1n) is 6.70. The van der Waals surface area contributed by atoms with Crippen LogP contribution in [-0.2, 0) is 16.6 Å². The van der Waals surface area contributed by atoms with Gasteiger partial charge in [0, 0.05) is 36.0 Å². The first-order chi connectivity index (χ1) is 11.0. The summed E-state index contributed by atoms with van der Waals surface area (Å²) >= 11 is 0. The fourth-order valence-corrected chi connectivity index (χ4v) is 3.50. The van der Waals surface area contributed by atoms with E-state index in [1.807, 2.05) is 0 Å². The Morgan fingerprint density at radius 3 is 2.83 bits per heavy atom. The van der Waals surface area contributed by atoms with Crippen LogP contribution >= 0.6 is 0 Å². The molecular formula is C15H13N3O4S. The zero-order valence-corrected chi connectivity index (χ0v) is 12.7. The molecule has 0 bridgehead atoms. The lowest BCUT2D eigenvalue weighted by Gasteiger charge is -2.09. The summed E-state index contributed by atoms with van der Waals surface area (Å²) in [6.07, 6.45) is 4.72. The molecule has 3 rings (SSSR count). The molecule has 1 aromatic carbocycles. The number of pyridine rings is 1. The maximum atomic E-state index is 12.6. The van der Waals surface area contributed by atoms with Crippen molar-refractivity contribution in [1.29, 1.82) is 0 Å². The summed E-state index contributed by atoms with van der Waals surface area (Å²) in [6, 6.07) is 7.61. The van der Waals surface area contributed by atoms with Crippen LogP contribution in [0.3, 0.4) is 0 Å². The van der Waals surface area contributed by atoms with Crippen molar-refractivity contribution in [3.8, 4) is 0 Å². The minimum absolute atomic E-state index is 0.0688. The van der Waals surface area contributed by atoms with Crippen LogP contribution in [0.15, 0.2) is 53.8 Å². The number of H-pyrrole nitrogens is 1. The second kappa shape index (κ2) is 5.82. The van der Waals surface area contributed by atoms with Crippen molar-refractivity contribution >= 4 is 26.9 Å². The summed E-state index contributed by atoms with van der Waals surface area (Å²) in [5, 5.41) is 9.58. The molecule has 2 heterocycles. The molecule has 7 nitrogen and oxygen atoms in total. The minimum atomic E-state index is -3.87. The predicted molar refractivity (Wildman–Crippen MR) is 83.5 cm³/mol. The fraction of sp³-hybridized carbons (Fsp3) is 0.0667. The lowest BCUT2D eigenvalue weighted by atomic mass is 10.1. The summed E-state index contributed by atoms with van der Waals surface area (Å²) in [7, 11) is -3.87. The molecule has 0 aliphatic rings. The van der Waals surface area contributed by atoms with Gasteiger partial charge in [-0.15, -0.1) is 0 Å². The predicted octanol–water partition coefficient (Wildman–Crippen LogP) is 1.74. The Balaban J connectivity index is 2.00. The van der Waals surface area contributed by atoms with Gasteiger partial charge in [0.05, 0.1) is 10.5 Å². The van der Waals surface area contributed by atoms with E-state index in [2.05, 4.69) is 14.7 Å². The van der Waals surface area contributed by atoms with Crippen molar-refractivity contribution in [3.05, 3.63) is 60.0 Å². The molecule has 0 saturated heterocycles. The third-order valence-electron chi connectivity index (χ3n) is 3.36. The summed E-state index contributed by atoms with van der Waals surface area (Å²) in [4.78, 5) is 17.9. The van der Waals surface area contributed by atoms with Crippen LogP contribution in [0.4, 0.5) is 0 Å². The first kappa shape index (κ1) is 15.2. The van der Waals surface area contributed by atoms with Gasteiger partial charge < -0.3 is 10.1 Å². The number of fused-ring (bicyclic) bond motifs is 1. The highest BCUT2D eigenvalue weighted by molar-refractivity contribution is 7.89. The van der Waals surface area contributed by atoms with Crippen molar-refractivity contribution in [2.45, 2.75) is 11.4 Å². The minimum Gasteiger partial charge on any atom is -0.478 e. The maximum Gasteiger partial charge on any atom is 0.335 e. The number of aromatic nitrogens is 2. The number of hydrogen-bond acceptors (Lipinski definition) is 4. The zero-order valence-electron chi connectivity index (χ0n) is 11.9. The molecule has 0 aliphatic carbocycles. The Hall–Kier alpha value is -2.71. The fourth-order valence-electron chi connectivity index (χ4n) is 2.24. The van der Waals surface area contributed by atoms with Gasteiger partial charge >= 0.3 is 5.97 Å².